The Hall–Kier alpha value is -2.85. The van der Waals surface area contributed by atoms with Gasteiger partial charge in [0.2, 0.25) is 0 Å². The van der Waals surface area contributed by atoms with E-state index in [9.17, 15) is 22.9 Å². The maximum Gasteiger partial charge on any atom is 0.155 e. The van der Waals surface area contributed by atoms with Crippen LogP contribution in [-0.2, 0) is 17.6 Å². The second-order valence-electron chi connectivity index (χ2n) is 6.15. The molecule has 3 rings (SSSR count). The van der Waals surface area contributed by atoms with Crippen LogP contribution in [-0.4, -0.2) is 34.9 Å². The van der Waals surface area contributed by atoms with Crippen LogP contribution in [0.5, 0.6) is 5.75 Å². The summed E-state index contributed by atoms with van der Waals surface area (Å²) in [6.07, 6.45) is 0.522. The molecule has 0 spiro atoms. The molecule has 0 radical (unpaired) electrons. The summed E-state index contributed by atoms with van der Waals surface area (Å²) in [5, 5.41) is 16.6. The van der Waals surface area contributed by atoms with E-state index in [2.05, 4.69) is 4.72 Å². The SMILES string of the molecule is CO.COc1c(Cl)cc(C=O)cc1S(=O)Nc1cc(-c2ccccc2CO)c(F)cc1F. The normalized spacial score (nSPS) is 11.2. The van der Waals surface area contributed by atoms with E-state index in [1.54, 1.807) is 24.3 Å². The van der Waals surface area contributed by atoms with Crippen molar-refractivity contribution in [1.29, 1.82) is 0 Å². The summed E-state index contributed by atoms with van der Waals surface area (Å²) in [6, 6.07) is 11.0. The first-order valence-corrected chi connectivity index (χ1v) is 10.6. The Kier molecular flexibility index (Phi) is 9.27. The van der Waals surface area contributed by atoms with Gasteiger partial charge < -0.3 is 14.9 Å². The molecule has 0 amide bonds. The van der Waals surface area contributed by atoms with E-state index >= 15 is 0 Å². The minimum absolute atomic E-state index is 0.0205. The van der Waals surface area contributed by atoms with Crippen molar-refractivity contribution in [1.82, 2.24) is 0 Å². The molecule has 1 unspecified atom stereocenters. The number of halogens is 3. The zero-order chi connectivity index (χ0) is 23.8. The highest BCUT2D eigenvalue weighted by Crippen LogP contribution is 2.35. The van der Waals surface area contributed by atoms with Gasteiger partial charge in [0.15, 0.2) is 16.7 Å². The molecule has 0 saturated carbocycles. The van der Waals surface area contributed by atoms with E-state index in [-0.39, 0.29) is 39.1 Å². The third kappa shape index (κ3) is 5.49. The van der Waals surface area contributed by atoms with Gasteiger partial charge in [-0.3, -0.25) is 9.52 Å². The molecule has 3 aromatic rings. The maximum absolute atomic E-state index is 14.5. The third-order valence-corrected chi connectivity index (χ3v) is 5.70. The molecule has 0 aliphatic rings. The van der Waals surface area contributed by atoms with Gasteiger partial charge in [-0.2, -0.15) is 0 Å². The molecule has 0 aromatic heterocycles. The van der Waals surface area contributed by atoms with E-state index in [1.807, 2.05) is 0 Å². The van der Waals surface area contributed by atoms with Gasteiger partial charge >= 0.3 is 0 Å². The summed E-state index contributed by atoms with van der Waals surface area (Å²) in [4.78, 5) is 11.1. The number of hydrogen-bond acceptors (Lipinski definition) is 5. The predicted molar refractivity (Wildman–Crippen MR) is 119 cm³/mol. The Morgan fingerprint density at radius 2 is 1.78 bits per heavy atom. The van der Waals surface area contributed by atoms with E-state index < -0.39 is 22.6 Å². The Labute approximate surface area is 191 Å². The molecule has 0 fully saturated rings. The number of methoxy groups -OCH3 is 1. The first kappa shape index (κ1) is 25.4. The van der Waals surface area contributed by atoms with Crippen LogP contribution < -0.4 is 9.46 Å². The number of rotatable bonds is 7. The Balaban J connectivity index is 0.00000176. The fourth-order valence-corrected chi connectivity index (χ4v) is 4.33. The summed E-state index contributed by atoms with van der Waals surface area (Å²) < 4.78 is 49.4. The van der Waals surface area contributed by atoms with E-state index in [0.29, 0.717) is 23.5 Å². The zero-order valence-corrected chi connectivity index (χ0v) is 18.6. The third-order valence-electron chi connectivity index (χ3n) is 4.31. The van der Waals surface area contributed by atoms with Crippen molar-refractivity contribution in [2.24, 2.45) is 0 Å². The van der Waals surface area contributed by atoms with Gasteiger partial charge in [-0.1, -0.05) is 35.9 Å². The van der Waals surface area contributed by atoms with Gasteiger partial charge in [0.05, 0.1) is 24.4 Å². The molecule has 6 nitrogen and oxygen atoms in total. The summed E-state index contributed by atoms with van der Waals surface area (Å²) >= 11 is 6.06. The summed E-state index contributed by atoms with van der Waals surface area (Å²) in [5.74, 6) is -1.75. The lowest BCUT2D eigenvalue weighted by atomic mass is 9.99. The molecule has 3 N–H and O–H groups in total. The van der Waals surface area contributed by atoms with Crippen molar-refractivity contribution in [2.75, 3.05) is 18.9 Å². The minimum atomic E-state index is -2.09. The van der Waals surface area contributed by atoms with Crippen LogP contribution in [0.2, 0.25) is 5.02 Å². The molecule has 32 heavy (non-hydrogen) atoms. The lowest BCUT2D eigenvalue weighted by molar-refractivity contribution is 0.112. The summed E-state index contributed by atoms with van der Waals surface area (Å²) in [6.45, 7) is -0.337. The Bertz CT molecular complexity index is 1140. The predicted octanol–water partition coefficient (Wildman–Crippen LogP) is 4.34. The minimum Gasteiger partial charge on any atom is -0.494 e. The average molecular weight is 484 g/mol. The molecule has 0 aliphatic heterocycles. The molecular weight excluding hydrogens is 464 g/mol. The summed E-state index contributed by atoms with van der Waals surface area (Å²) in [5.41, 5.74) is 0.750. The van der Waals surface area contributed by atoms with Crippen LogP contribution in [0.1, 0.15) is 15.9 Å². The second kappa shape index (κ2) is 11.7. The number of anilines is 1. The van der Waals surface area contributed by atoms with Gasteiger partial charge in [-0.25, -0.2) is 13.0 Å². The van der Waals surface area contributed by atoms with E-state index in [4.69, 9.17) is 21.4 Å². The number of aliphatic hydroxyl groups excluding tert-OH is 2. The first-order valence-electron chi connectivity index (χ1n) is 9.03. The standard InChI is InChI=1S/C21H16ClF2NO4S.CH4O/c1-29-21-16(22)6-12(10-26)7-20(21)30(28)25-19-8-15(17(23)9-18(19)24)14-5-3-2-4-13(14)11-27;1-2/h2-10,25,27H,11H2,1H3;2H,1H3. The smallest absolute Gasteiger partial charge is 0.155 e. The highest BCUT2D eigenvalue weighted by Gasteiger charge is 2.19. The van der Waals surface area contributed by atoms with Gasteiger partial charge in [0.1, 0.15) is 22.8 Å². The molecule has 3 aromatic carbocycles. The van der Waals surface area contributed by atoms with Crippen LogP contribution in [0.25, 0.3) is 11.1 Å². The number of aldehydes is 1. The second-order valence-corrected chi connectivity index (χ2v) is 7.74. The fraction of sp³-hybridized carbons (Fsp3) is 0.136. The van der Waals surface area contributed by atoms with Crippen molar-refractivity contribution >= 4 is 34.6 Å². The number of benzene rings is 3. The molecular formula is C22H20ClF2NO5S. The average Bonchev–Trinajstić information content (AvgIpc) is 2.81. The molecule has 170 valence electrons. The van der Waals surface area contributed by atoms with Crippen LogP contribution in [0.3, 0.4) is 0 Å². The van der Waals surface area contributed by atoms with Gasteiger partial charge in [0.25, 0.3) is 0 Å². The first-order chi connectivity index (χ1) is 15.4. The number of carbonyl (C=O) groups excluding carboxylic acids is 1. The van der Waals surface area contributed by atoms with Crippen molar-refractivity contribution in [3.63, 3.8) is 0 Å². The van der Waals surface area contributed by atoms with Gasteiger partial charge in [-0.15, -0.1) is 0 Å². The van der Waals surface area contributed by atoms with Crippen LogP contribution in [0.4, 0.5) is 14.5 Å². The molecule has 1 atom stereocenters. The lowest BCUT2D eigenvalue weighted by Gasteiger charge is -2.15. The van der Waals surface area contributed by atoms with Crippen molar-refractivity contribution in [3.05, 3.63) is 76.3 Å². The fourth-order valence-electron chi connectivity index (χ4n) is 2.90. The topological polar surface area (TPSA) is 95.9 Å². The number of aliphatic hydroxyl groups is 2. The number of carbonyl (C=O) groups is 1. The maximum atomic E-state index is 14.5. The Morgan fingerprint density at radius 1 is 1.09 bits per heavy atom. The van der Waals surface area contributed by atoms with Crippen molar-refractivity contribution in [2.45, 2.75) is 11.5 Å². The molecule has 0 aliphatic carbocycles. The molecule has 0 saturated heterocycles. The highest BCUT2D eigenvalue weighted by molar-refractivity contribution is 7.86. The van der Waals surface area contributed by atoms with E-state index in [1.165, 1.54) is 19.2 Å². The zero-order valence-electron chi connectivity index (χ0n) is 17.1. The largest absolute Gasteiger partial charge is 0.494 e. The molecule has 0 bridgehead atoms. The van der Waals surface area contributed by atoms with Crippen molar-refractivity contribution < 1.29 is 32.7 Å². The quantitative estimate of drug-likeness (QED) is 0.434. The van der Waals surface area contributed by atoms with E-state index in [0.717, 1.165) is 13.2 Å². The number of nitrogens with one attached hydrogen (secondary N) is 1. The highest BCUT2D eigenvalue weighted by atomic mass is 35.5. The summed E-state index contributed by atoms with van der Waals surface area (Å²) in [7, 11) is 0.224. The lowest BCUT2D eigenvalue weighted by Crippen LogP contribution is -2.09. The molecule has 10 heteroatoms. The Morgan fingerprint density at radius 3 is 2.41 bits per heavy atom. The molecule has 0 heterocycles. The van der Waals surface area contributed by atoms with Gasteiger partial charge in [0, 0.05) is 24.3 Å². The van der Waals surface area contributed by atoms with Crippen LogP contribution in [0, 0.1) is 11.6 Å². The van der Waals surface area contributed by atoms with Crippen LogP contribution in [0.15, 0.2) is 53.4 Å². The number of hydrogen-bond donors (Lipinski definition) is 3. The van der Waals surface area contributed by atoms with Gasteiger partial charge in [-0.05, 0) is 29.3 Å². The monoisotopic (exact) mass is 483 g/mol. The van der Waals surface area contributed by atoms with Crippen molar-refractivity contribution in [3.8, 4) is 16.9 Å². The number of ether oxygens (including phenoxy) is 1. The van der Waals surface area contributed by atoms with Crippen LogP contribution >= 0.6 is 11.6 Å².